The second-order valence-electron chi connectivity index (χ2n) is 7.30. The molecule has 3 aromatic carbocycles. The van der Waals surface area contributed by atoms with Gasteiger partial charge in [0.25, 0.3) is 0 Å². The van der Waals surface area contributed by atoms with Gasteiger partial charge in [-0.25, -0.2) is 9.97 Å². The molecule has 1 heterocycles. The van der Waals surface area contributed by atoms with E-state index in [2.05, 4.69) is 67.4 Å². The molecule has 0 bridgehead atoms. The predicted octanol–water partition coefficient (Wildman–Crippen LogP) is 6.51. The van der Waals surface area contributed by atoms with Gasteiger partial charge in [-0.3, -0.25) is 0 Å². The van der Waals surface area contributed by atoms with Gasteiger partial charge in [0.15, 0.2) is 0 Å². The van der Waals surface area contributed by atoms with E-state index in [1.165, 1.54) is 11.1 Å². The van der Waals surface area contributed by atoms with Crippen LogP contribution in [0.2, 0.25) is 0 Å². The van der Waals surface area contributed by atoms with Gasteiger partial charge in [0.2, 0.25) is 0 Å². The molecule has 4 rings (SSSR count). The molecule has 0 fully saturated rings. The van der Waals surface area contributed by atoms with Crippen LogP contribution in [0, 0.1) is 0 Å². The molecule has 1 aromatic heterocycles. The van der Waals surface area contributed by atoms with Crippen molar-refractivity contribution in [3.8, 4) is 28.1 Å². The molecule has 3 heteroatoms. The molecule has 0 unspecified atom stereocenters. The maximum absolute atomic E-state index is 6.16. The predicted molar refractivity (Wildman–Crippen MR) is 118 cm³/mol. The summed E-state index contributed by atoms with van der Waals surface area (Å²) in [5, 5.41) is 0. The fourth-order valence-corrected chi connectivity index (χ4v) is 3.19. The van der Waals surface area contributed by atoms with Crippen molar-refractivity contribution in [3.63, 3.8) is 0 Å². The summed E-state index contributed by atoms with van der Waals surface area (Å²) in [5.41, 5.74) is 5.42. The SMILES string of the molecule is CC(C)c1nccc(-c2ccccc2OCc2ccc(-c3ccccc3)cc2)n1. The average molecular weight is 380 g/mol. The van der Waals surface area contributed by atoms with Crippen molar-refractivity contribution >= 4 is 0 Å². The minimum Gasteiger partial charge on any atom is -0.488 e. The molecule has 4 aromatic rings. The number of ether oxygens (including phenoxy) is 1. The Balaban J connectivity index is 1.52. The Morgan fingerprint density at radius 3 is 2.21 bits per heavy atom. The lowest BCUT2D eigenvalue weighted by molar-refractivity contribution is 0.307. The lowest BCUT2D eigenvalue weighted by Crippen LogP contribution is -2.00. The Kier molecular flexibility index (Phi) is 5.66. The van der Waals surface area contributed by atoms with Crippen molar-refractivity contribution in [3.05, 3.63) is 103 Å². The van der Waals surface area contributed by atoms with Gasteiger partial charge in [-0.05, 0) is 34.9 Å². The number of rotatable bonds is 6. The molecule has 0 atom stereocenters. The van der Waals surface area contributed by atoms with Crippen molar-refractivity contribution in [2.75, 3.05) is 0 Å². The zero-order valence-electron chi connectivity index (χ0n) is 16.7. The van der Waals surface area contributed by atoms with Crippen LogP contribution in [0.4, 0.5) is 0 Å². The van der Waals surface area contributed by atoms with Crippen molar-refractivity contribution in [2.45, 2.75) is 26.4 Å². The normalized spacial score (nSPS) is 10.9. The fourth-order valence-electron chi connectivity index (χ4n) is 3.19. The summed E-state index contributed by atoms with van der Waals surface area (Å²) in [5.74, 6) is 1.95. The first-order valence-electron chi connectivity index (χ1n) is 9.90. The van der Waals surface area contributed by atoms with E-state index in [1.54, 1.807) is 0 Å². The molecule has 0 saturated heterocycles. The number of para-hydroxylation sites is 1. The van der Waals surface area contributed by atoms with Gasteiger partial charge >= 0.3 is 0 Å². The highest BCUT2D eigenvalue weighted by Gasteiger charge is 2.10. The smallest absolute Gasteiger partial charge is 0.131 e. The number of hydrogen-bond acceptors (Lipinski definition) is 3. The summed E-state index contributed by atoms with van der Waals surface area (Å²) >= 11 is 0. The molecular formula is C26H24N2O. The van der Waals surface area contributed by atoms with E-state index in [-0.39, 0.29) is 5.92 Å². The van der Waals surface area contributed by atoms with Gasteiger partial charge in [0.1, 0.15) is 18.2 Å². The third-order valence-corrected chi connectivity index (χ3v) is 4.81. The Bertz CT molecular complexity index is 1070. The minimum atomic E-state index is 0.283. The van der Waals surface area contributed by atoms with E-state index in [0.29, 0.717) is 6.61 Å². The molecule has 0 radical (unpaired) electrons. The number of benzene rings is 3. The third-order valence-electron chi connectivity index (χ3n) is 4.81. The van der Waals surface area contributed by atoms with Crippen LogP contribution < -0.4 is 4.74 Å². The molecule has 0 saturated carbocycles. The van der Waals surface area contributed by atoms with Crippen LogP contribution in [-0.4, -0.2) is 9.97 Å². The first kappa shape index (κ1) is 18.9. The van der Waals surface area contributed by atoms with Gasteiger partial charge in [-0.2, -0.15) is 0 Å². The molecule has 0 N–H and O–H groups in total. The van der Waals surface area contributed by atoms with Gasteiger partial charge in [0, 0.05) is 17.7 Å². The molecule has 0 aliphatic carbocycles. The first-order valence-corrected chi connectivity index (χ1v) is 9.90. The Hall–Kier alpha value is -3.46. The first-order chi connectivity index (χ1) is 14.2. The van der Waals surface area contributed by atoms with Crippen LogP contribution in [0.25, 0.3) is 22.4 Å². The van der Waals surface area contributed by atoms with E-state index >= 15 is 0 Å². The maximum Gasteiger partial charge on any atom is 0.131 e. The van der Waals surface area contributed by atoms with Crippen molar-refractivity contribution in [1.82, 2.24) is 9.97 Å². The van der Waals surface area contributed by atoms with Gasteiger partial charge in [-0.15, -0.1) is 0 Å². The Labute approximate surface area is 172 Å². The van der Waals surface area contributed by atoms with Crippen molar-refractivity contribution < 1.29 is 4.74 Å². The average Bonchev–Trinajstić information content (AvgIpc) is 2.79. The highest BCUT2D eigenvalue weighted by atomic mass is 16.5. The minimum absolute atomic E-state index is 0.283. The molecular weight excluding hydrogens is 356 g/mol. The molecule has 3 nitrogen and oxygen atoms in total. The largest absolute Gasteiger partial charge is 0.488 e. The van der Waals surface area contributed by atoms with E-state index in [9.17, 15) is 0 Å². The topological polar surface area (TPSA) is 35.0 Å². The van der Waals surface area contributed by atoms with Crippen LogP contribution in [-0.2, 0) is 6.61 Å². The highest BCUT2D eigenvalue weighted by molar-refractivity contribution is 5.67. The van der Waals surface area contributed by atoms with Crippen LogP contribution in [0.1, 0.15) is 31.2 Å². The Morgan fingerprint density at radius 1 is 0.759 bits per heavy atom. The summed E-state index contributed by atoms with van der Waals surface area (Å²) in [6.45, 7) is 4.70. The molecule has 29 heavy (non-hydrogen) atoms. The fraction of sp³-hybridized carbons (Fsp3) is 0.154. The van der Waals surface area contributed by atoms with Crippen molar-refractivity contribution in [1.29, 1.82) is 0 Å². The van der Waals surface area contributed by atoms with Gasteiger partial charge < -0.3 is 4.74 Å². The van der Waals surface area contributed by atoms with E-state index in [1.807, 2.05) is 42.6 Å². The quantitative estimate of drug-likeness (QED) is 0.382. The molecule has 144 valence electrons. The monoisotopic (exact) mass is 380 g/mol. The lowest BCUT2D eigenvalue weighted by atomic mass is 10.0. The Morgan fingerprint density at radius 2 is 1.45 bits per heavy atom. The van der Waals surface area contributed by atoms with Crippen LogP contribution >= 0.6 is 0 Å². The molecule has 0 amide bonds. The van der Waals surface area contributed by atoms with Crippen LogP contribution in [0.5, 0.6) is 5.75 Å². The second kappa shape index (κ2) is 8.70. The van der Waals surface area contributed by atoms with Crippen molar-refractivity contribution in [2.24, 2.45) is 0 Å². The summed E-state index contributed by atoms with van der Waals surface area (Å²) < 4.78 is 6.16. The van der Waals surface area contributed by atoms with E-state index in [0.717, 1.165) is 28.4 Å². The number of aromatic nitrogens is 2. The molecule has 0 spiro atoms. The van der Waals surface area contributed by atoms with E-state index in [4.69, 9.17) is 9.72 Å². The van der Waals surface area contributed by atoms with E-state index < -0.39 is 0 Å². The number of hydrogen-bond donors (Lipinski definition) is 0. The molecule has 0 aliphatic heterocycles. The van der Waals surface area contributed by atoms with Crippen LogP contribution in [0.3, 0.4) is 0 Å². The summed E-state index contributed by atoms with van der Waals surface area (Å²) in [7, 11) is 0. The molecule has 0 aliphatic rings. The number of nitrogens with zero attached hydrogens (tertiary/aromatic N) is 2. The van der Waals surface area contributed by atoms with Crippen LogP contribution in [0.15, 0.2) is 91.1 Å². The summed E-state index contributed by atoms with van der Waals surface area (Å²) in [6, 6.07) is 28.9. The standard InChI is InChI=1S/C26H24N2O/c1-19(2)26-27-17-16-24(28-26)23-10-6-7-11-25(23)29-18-20-12-14-22(15-13-20)21-8-4-3-5-9-21/h3-17,19H,18H2,1-2H3. The van der Waals surface area contributed by atoms with Gasteiger partial charge in [0.05, 0.1) is 5.69 Å². The zero-order valence-corrected chi connectivity index (χ0v) is 16.7. The summed E-state index contributed by atoms with van der Waals surface area (Å²) in [6.07, 6.45) is 1.82. The zero-order chi connectivity index (χ0) is 20.1. The highest BCUT2D eigenvalue weighted by Crippen LogP contribution is 2.30. The van der Waals surface area contributed by atoms with Gasteiger partial charge in [-0.1, -0.05) is 80.6 Å². The lowest BCUT2D eigenvalue weighted by Gasteiger charge is -2.13. The second-order valence-corrected chi connectivity index (χ2v) is 7.30. The summed E-state index contributed by atoms with van der Waals surface area (Å²) in [4.78, 5) is 9.08. The third kappa shape index (κ3) is 4.52. The maximum atomic E-state index is 6.16.